The zero-order valence-corrected chi connectivity index (χ0v) is 54.5. The molecule has 2 aliphatic carbocycles. The summed E-state index contributed by atoms with van der Waals surface area (Å²) < 4.78 is 2.75. The Kier molecular flexibility index (Phi) is 12.8. The Hall–Kier alpha value is -6.82. The Bertz CT molecular complexity index is 4040. The molecule has 84 heavy (non-hydrogen) atoms. The lowest BCUT2D eigenvalue weighted by Crippen LogP contribution is -2.60. The van der Waals surface area contributed by atoms with Crippen LogP contribution in [0.25, 0.3) is 32.3 Å². The van der Waals surface area contributed by atoms with Crippen molar-refractivity contribution in [3.63, 3.8) is 0 Å². The number of aryl methyl sites for hydroxylation is 1. The van der Waals surface area contributed by atoms with Crippen LogP contribution in [0.2, 0.25) is 0 Å². The molecule has 8 aromatic carbocycles. The third-order valence-corrected chi connectivity index (χ3v) is 21.5. The molecule has 0 bridgehead atoms. The summed E-state index contributed by atoms with van der Waals surface area (Å²) in [5, 5.41) is 1.35. The molecule has 0 atom stereocenters. The lowest BCUT2D eigenvalue weighted by atomic mass is 9.46. The molecule has 0 N–H and O–H groups in total. The summed E-state index contributed by atoms with van der Waals surface area (Å²) >= 11 is 2.04. The van der Waals surface area contributed by atoms with E-state index in [4.69, 9.17) is 0 Å². The largest absolute Gasteiger partial charge is 0.376 e. The molecule has 3 nitrogen and oxygen atoms in total. The van der Waals surface area contributed by atoms with E-state index in [9.17, 15) is 0 Å². The summed E-state index contributed by atoms with van der Waals surface area (Å²) in [6.45, 7) is 42.9. The van der Waals surface area contributed by atoms with Gasteiger partial charge in [0, 0.05) is 60.1 Å². The fraction of sp³-hybridized carbons (Fsp3) is 0.367. The van der Waals surface area contributed by atoms with Crippen LogP contribution in [0.1, 0.15) is 188 Å². The molecule has 5 heteroatoms. The minimum absolute atomic E-state index is 0.00855. The van der Waals surface area contributed by atoms with Gasteiger partial charge in [0.15, 0.2) is 0 Å². The van der Waals surface area contributed by atoms with Crippen molar-refractivity contribution in [2.24, 2.45) is 0 Å². The van der Waals surface area contributed by atoms with E-state index in [-0.39, 0.29) is 44.8 Å². The Balaban J connectivity index is 1.15. The lowest BCUT2D eigenvalue weighted by Gasteiger charge is -2.47. The first kappa shape index (κ1) is 56.3. The second-order valence-electron chi connectivity index (χ2n) is 31.3. The van der Waals surface area contributed by atoms with Gasteiger partial charge in [-0.15, -0.1) is 11.3 Å². The zero-order valence-electron chi connectivity index (χ0n) is 53.7. The summed E-state index contributed by atoms with van der Waals surface area (Å²) in [7, 11) is 0. The summed E-state index contributed by atoms with van der Waals surface area (Å²) in [5.74, 6) is 0. The quantitative estimate of drug-likeness (QED) is 0.154. The average Bonchev–Trinajstić information content (AvgIpc) is 1.64. The van der Waals surface area contributed by atoms with Crippen molar-refractivity contribution in [3.8, 4) is 22.3 Å². The Morgan fingerprint density at radius 2 is 0.964 bits per heavy atom. The van der Waals surface area contributed by atoms with Crippen LogP contribution in [0, 0.1) is 6.92 Å². The summed E-state index contributed by atoms with van der Waals surface area (Å²) in [4.78, 5) is 8.04. The monoisotopic (exact) mass is 1120 g/mol. The standard InChI is InChI=1S/C79H88BN3S/c1-49-42-60-58-35-33-56(81(54-29-24-51(25-30-54)73(2,3)4)55-31-26-52(27-32-55)74(5,6)7)46-67(58)83(57-34-36-62-63(45-57)77(13,14)39-38-76(62,11)12)80-70(60)68(43-49)82(66-37-28-53(75(8,9)10)44-59(66)50-22-20-19-21-23-50)71-61-47-64-65(48-69(61)84-72(71)80)79(17,18)41-40-78(64,15)16/h19-37,42-48H,38-41H2,1-18H3. The van der Waals surface area contributed by atoms with E-state index in [1.807, 2.05) is 11.3 Å². The van der Waals surface area contributed by atoms with Gasteiger partial charge in [-0.1, -0.05) is 197 Å². The van der Waals surface area contributed by atoms with Gasteiger partial charge in [0.05, 0.1) is 11.4 Å². The molecule has 2 aliphatic heterocycles. The fourth-order valence-electron chi connectivity index (χ4n) is 14.8. The topological polar surface area (TPSA) is 9.72 Å². The highest BCUT2D eigenvalue weighted by molar-refractivity contribution is 7.32. The molecular formula is C79H88BN3S. The van der Waals surface area contributed by atoms with Crippen LogP contribution >= 0.6 is 11.3 Å². The van der Waals surface area contributed by atoms with Crippen molar-refractivity contribution in [1.29, 1.82) is 0 Å². The molecule has 0 fully saturated rings. The number of anilines is 8. The van der Waals surface area contributed by atoms with Gasteiger partial charge in [-0.05, 0) is 210 Å². The van der Waals surface area contributed by atoms with Crippen molar-refractivity contribution in [2.75, 3.05) is 14.6 Å². The average molecular weight is 1120 g/mol. The predicted octanol–water partition coefficient (Wildman–Crippen LogP) is 21.6. The van der Waals surface area contributed by atoms with Crippen LogP contribution in [0.3, 0.4) is 0 Å². The van der Waals surface area contributed by atoms with Crippen molar-refractivity contribution in [2.45, 2.75) is 188 Å². The third kappa shape index (κ3) is 9.19. The highest BCUT2D eigenvalue weighted by Crippen LogP contribution is 2.57. The van der Waals surface area contributed by atoms with E-state index < -0.39 is 0 Å². The van der Waals surface area contributed by atoms with E-state index in [0.717, 1.165) is 29.9 Å². The van der Waals surface area contributed by atoms with E-state index >= 15 is 0 Å². The van der Waals surface area contributed by atoms with Gasteiger partial charge in [0.25, 0.3) is 0 Å². The molecule has 0 saturated heterocycles. The van der Waals surface area contributed by atoms with Gasteiger partial charge in [-0.25, -0.2) is 0 Å². The first-order valence-corrected chi connectivity index (χ1v) is 32.1. The first-order valence-electron chi connectivity index (χ1n) is 31.3. The van der Waals surface area contributed by atoms with Crippen LogP contribution in [0.15, 0.2) is 158 Å². The molecule has 0 unspecified atom stereocenters. The maximum Gasteiger partial charge on any atom is 0.343 e. The molecule has 428 valence electrons. The maximum absolute atomic E-state index is 2.81. The Morgan fingerprint density at radius 1 is 0.440 bits per heavy atom. The van der Waals surface area contributed by atoms with Gasteiger partial charge < -0.3 is 14.6 Å². The van der Waals surface area contributed by atoms with Gasteiger partial charge >= 0.3 is 6.85 Å². The molecule has 4 aliphatic rings. The van der Waals surface area contributed by atoms with Gasteiger partial charge in [0.2, 0.25) is 0 Å². The molecule has 9 aromatic rings. The molecule has 13 rings (SSSR count). The predicted molar refractivity (Wildman–Crippen MR) is 367 cm³/mol. The SMILES string of the molecule is Cc1cc2c3c(c1)N(c1ccc(C(C)(C)C)cc1-c1ccccc1)c1c(sc4cc5c(cc14)C(C)(C)CCC5(C)C)B3N(c1ccc3c(c1)C(C)(C)CCC3(C)C)c1cc(N(c3ccc(C(C)(C)C)cc3)c3ccc(C(C)(C)C)cc3)ccc1-2. The molecular weight excluding hydrogens is 1030 g/mol. The van der Waals surface area contributed by atoms with Gasteiger partial charge in [0.1, 0.15) is 0 Å². The minimum atomic E-state index is -0.141. The van der Waals surface area contributed by atoms with Crippen LogP contribution in [-0.4, -0.2) is 6.85 Å². The van der Waals surface area contributed by atoms with Crippen LogP contribution in [0.5, 0.6) is 0 Å². The Labute approximate surface area is 508 Å². The number of rotatable bonds is 6. The highest BCUT2D eigenvalue weighted by Gasteiger charge is 2.49. The minimum Gasteiger partial charge on any atom is -0.376 e. The van der Waals surface area contributed by atoms with Crippen molar-refractivity contribution in [1.82, 2.24) is 0 Å². The number of nitrogens with zero attached hydrogens (tertiary/aromatic N) is 3. The number of benzene rings is 8. The number of hydrogen-bond acceptors (Lipinski definition) is 4. The van der Waals surface area contributed by atoms with Crippen LogP contribution < -0.4 is 24.9 Å². The Morgan fingerprint density at radius 3 is 1.54 bits per heavy atom. The zero-order chi connectivity index (χ0) is 59.6. The molecule has 0 radical (unpaired) electrons. The molecule has 1 aromatic heterocycles. The second kappa shape index (κ2) is 19.1. The fourth-order valence-corrected chi connectivity index (χ4v) is 16.1. The smallest absolute Gasteiger partial charge is 0.343 e. The number of fused-ring (bicyclic) bond motifs is 8. The number of hydrogen-bond donors (Lipinski definition) is 0. The van der Waals surface area contributed by atoms with Gasteiger partial charge in [-0.2, -0.15) is 0 Å². The maximum atomic E-state index is 2.81. The summed E-state index contributed by atoms with van der Waals surface area (Å²) in [6.07, 6.45) is 4.65. The molecule has 0 spiro atoms. The molecule has 0 amide bonds. The van der Waals surface area contributed by atoms with Crippen LogP contribution in [0.4, 0.5) is 45.5 Å². The summed E-state index contributed by atoms with van der Waals surface area (Å²) in [5.41, 5.74) is 27.5. The van der Waals surface area contributed by atoms with E-state index in [1.54, 1.807) is 0 Å². The normalized spacial score (nSPS) is 17.3. The lowest BCUT2D eigenvalue weighted by molar-refractivity contribution is 0.332. The van der Waals surface area contributed by atoms with Gasteiger partial charge in [-0.3, -0.25) is 0 Å². The van der Waals surface area contributed by atoms with Crippen molar-refractivity contribution < 1.29 is 0 Å². The third-order valence-electron chi connectivity index (χ3n) is 20.3. The number of thiophene rings is 1. The molecule has 3 heterocycles. The van der Waals surface area contributed by atoms with E-state index in [1.165, 1.54) is 128 Å². The molecule has 0 saturated carbocycles. The van der Waals surface area contributed by atoms with Crippen molar-refractivity contribution in [3.05, 3.63) is 202 Å². The van der Waals surface area contributed by atoms with E-state index in [2.05, 4.69) is 297 Å². The highest BCUT2D eigenvalue weighted by atomic mass is 32.1. The first-order chi connectivity index (χ1) is 39.4. The van der Waals surface area contributed by atoms with Crippen molar-refractivity contribution >= 4 is 84.0 Å². The van der Waals surface area contributed by atoms with Crippen LogP contribution in [-0.2, 0) is 37.9 Å². The van der Waals surface area contributed by atoms with E-state index in [0.29, 0.717) is 0 Å². The summed E-state index contributed by atoms with van der Waals surface area (Å²) in [6, 6.07) is 62.7. The second-order valence-corrected chi connectivity index (χ2v) is 32.4.